The maximum absolute atomic E-state index is 12.2. The molecule has 0 saturated carbocycles. The van der Waals surface area contributed by atoms with Gasteiger partial charge in [-0.3, -0.25) is 9.59 Å². The van der Waals surface area contributed by atoms with Crippen molar-refractivity contribution >= 4 is 28.2 Å². The highest BCUT2D eigenvalue weighted by atomic mass is 16.2. The fourth-order valence-corrected chi connectivity index (χ4v) is 2.70. The number of amides is 1. The first kappa shape index (κ1) is 13.6. The number of nitrogens with one attached hydrogen (secondary N) is 1. The van der Waals surface area contributed by atoms with Crippen molar-refractivity contribution in [1.82, 2.24) is 0 Å². The Bertz CT molecular complexity index is 726. The molecule has 0 aromatic heterocycles. The molecule has 1 amide bonds. The predicted octanol–water partition coefficient (Wildman–Crippen LogP) is 3.85. The molecular formula is C18H17NO2. The van der Waals surface area contributed by atoms with E-state index in [9.17, 15) is 9.59 Å². The summed E-state index contributed by atoms with van der Waals surface area (Å²) in [6, 6.07) is 13.5. The van der Waals surface area contributed by atoms with E-state index in [1.165, 1.54) is 0 Å². The van der Waals surface area contributed by atoms with Gasteiger partial charge in [0.2, 0.25) is 5.78 Å². The first-order valence-corrected chi connectivity index (χ1v) is 7.28. The molecular weight excluding hydrogens is 262 g/mol. The lowest BCUT2D eigenvalue weighted by Gasteiger charge is -2.12. The van der Waals surface area contributed by atoms with E-state index in [0.29, 0.717) is 17.7 Å². The SMILES string of the molecule is O=C(Nc1cccc2ccccc12)C(=O)C1=CCCCC1. The van der Waals surface area contributed by atoms with Gasteiger partial charge >= 0.3 is 0 Å². The van der Waals surface area contributed by atoms with Gasteiger partial charge in [0, 0.05) is 16.6 Å². The normalized spacial score (nSPS) is 14.6. The maximum Gasteiger partial charge on any atom is 0.296 e. The van der Waals surface area contributed by atoms with Crippen LogP contribution in [0.1, 0.15) is 25.7 Å². The Balaban J connectivity index is 1.83. The van der Waals surface area contributed by atoms with Gasteiger partial charge in [-0.2, -0.15) is 0 Å². The highest BCUT2D eigenvalue weighted by molar-refractivity contribution is 6.46. The molecule has 0 unspecified atom stereocenters. The minimum atomic E-state index is -0.542. The standard InChI is InChI=1S/C18H17NO2/c20-17(14-8-2-1-3-9-14)18(21)19-16-12-6-10-13-7-4-5-11-15(13)16/h4-8,10-12H,1-3,9H2,(H,19,21). The van der Waals surface area contributed by atoms with E-state index < -0.39 is 11.7 Å². The average molecular weight is 279 g/mol. The number of rotatable bonds is 3. The third-order valence-electron chi connectivity index (χ3n) is 3.83. The second-order valence-electron chi connectivity index (χ2n) is 5.29. The minimum absolute atomic E-state index is 0.400. The van der Waals surface area contributed by atoms with Gasteiger partial charge in [-0.15, -0.1) is 0 Å². The molecule has 0 spiro atoms. The third-order valence-corrected chi connectivity index (χ3v) is 3.83. The zero-order valence-corrected chi connectivity index (χ0v) is 11.8. The van der Waals surface area contributed by atoms with E-state index in [1.807, 2.05) is 48.5 Å². The number of carbonyl (C=O) groups excluding carboxylic acids is 2. The van der Waals surface area contributed by atoms with Crippen molar-refractivity contribution in [3.8, 4) is 0 Å². The molecule has 106 valence electrons. The highest BCUT2D eigenvalue weighted by Crippen LogP contribution is 2.24. The molecule has 0 heterocycles. The largest absolute Gasteiger partial charge is 0.319 e. The number of anilines is 1. The zero-order valence-electron chi connectivity index (χ0n) is 11.8. The molecule has 3 nitrogen and oxygen atoms in total. The summed E-state index contributed by atoms with van der Waals surface area (Å²) < 4.78 is 0. The van der Waals surface area contributed by atoms with Crippen LogP contribution in [0.25, 0.3) is 10.8 Å². The molecule has 0 saturated heterocycles. The van der Waals surface area contributed by atoms with E-state index in [0.717, 1.165) is 30.0 Å². The van der Waals surface area contributed by atoms with E-state index in [4.69, 9.17) is 0 Å². The van der Waals surface area contributed by atoms with Crippen molar-refractivity contribution < 1.29 is 9.59 Å². The summed E-state index contributed by atoms with van der Waals surface area (Å²) in [6.07, 6.45) is 5.58. The number of Topliss-reactive ketones (excluding diaryl/α,β-unsaturated/α-hetero) is 1. The first-order valence-electron chi connectivity index (χ1n) is 7.28. The number of allylic oxidation sites excluding steroid dienone is 1. The van der Waals surface area contributed by atoms with Gasteiger partial charge in [0.1, 0.15) is 0 Å². The summed E-state index contributed by atoms with van der Waals surface area (Å²) in [5.74, 6) is -0.942. The second-order valence-corrected chi connectivity index (χ2v) is 5.29. The molecule has 0 radical (unpaired) electrons. The zero-order chi connectivity index (χ0) is 14.7. The quantitative estimate of drug-likeness (QED) is 0.867. The molecule has 0 bridgehead atoms. The van der Waals surface area contributed by atoms with Crippen molar-refractivity contribution in [1.29, 1.82) is 0 Å². The number of ketones is 1. The highest BCUT2D eigenvalue weighted by Gasteiger charge is 2.20. The number of hydrogen-bond acceptors (Lipinski definition) is 2. The van der Waals surface area contributed by atoms with Gasteiger partial charge in [0.15, 0.2) is 0 Å². The summed E-state index contributed by atoms with van der Waals surface area (Å²) in [6.45, 7) is 0. The molecule has 1 aliphatic carbocycles. The summed E-state index contributed by atoms with van der Waals surface area (Å²) in [5, 5.41) is 4.74. The van der Waals surface area contributed by atoms with Crippen molar-refractivity contribution in [2.45, 2.75) is 25.7 Å². The van der Waals surface area contributed by atoms with Crippen LogP contribution in [0.5, 0.6) is 0 Å². The Morgan fingerprint density at radius 1 is 0.952 bits per heavy atom. The van der Waals surface area contributed by atoms with E-state index >= 15 is 0 Å². The van der Waals surface area contributed by atoms with Crippen molar-refractivity contribution in [3.63, 3.8) is 0 Å². The Morgan fingerprint density at radius 2 is 1.76 bits per heavy atom. The molecule has 0 fully saturated rings. The van der Waals surface area contributed by atoms with Crippen LogP contribution in [0.4, 0.5) is 5.69 Å². The first-order chi connectivity index (χ1) is 10.3. The van der Waals surface area contributed by atoms with Crippen LogP contribution in [0.3, 0.4) is 0 Å². The van der Waals surface area contributed by atoms with Crippen LogP contribution in [0.15, 0.2) is 54.1 Å². The molecule has 1 N–H and O–H groups in total. The smallest absolute Gasteiger partial charge is 0.296 e. The summed E-state index contributed by atoms with van der Waals surface area (Å²) in [7, 11) is 0. The fourth-order valence-electron chi connectivity index (χ4n) is 2.70. The number of benzene rings is 2. The monoisotopic (exact) mass is 279 g/mol. The number of carbonyl (C=O) groups is 2. The minimum Gasteiger partial charge on any atom is -0.319 e. The van der Waals surface area contributed by atoms with E-state index in [1.54, 1.807) is 0 Å². The van der Waals surface area contributed by atoms with Gasteiger partial charge in [-0.05, 0) is 37.1 Å². The number of fused-ring (bicyclic) bond motifs is 1. The molecule has 1 aliphatic rings. The molecule has 3 heteroatoms. The lowest BCUT2D eigenvalue weighted by atomic mass is 9.96. The van der Waals surface area contributed by atoms with Crippen molar-refractivity contribution in [3.05, 3.63) is 54.1 Å². The summed E-state index contributed by atoms with van der Waals surface area (Å²) >= 11 is 0. The maximum atomic E-state index is 12.2. The van der Waals surface area contributed by atoms with Crippen molar-refractivity contribution in [2.75, 3.05) is 5.32 Å². The van der Waals surface area contributed by atoms with Gasteiger partial charge in [-0.1, -0.05) is 42.5 Å². The van der Waals surface area contributed by atoms with Gasteiger partial charge in [0.25, 0.3) is 5.91 Å². The Kier molecular flexibility index (Phi) is 3.82. The van der Waals surface area contributed by atoms with Crippen LogP contribution in [-0.2, 0) is 9.59 Å². The van der Waals surface area contributed by atoms with Crippen molar-refractivity contribution in [2.24, 2.45) is 0 Å². The molecule has 2 aromatic carbocycles. The number of hydrogen-bond donors (Lipinski definition) is 1. The van der Waals surface area contributed by atoms with Crippen LogP contribution >= 0.6 is 0 Å². The van der Waals surface area contributed by atoms with E-state index in [-0.39, 0.29) is 0 Å². The lowest BCUT2D eigenvalue weighted by molar-refractivity contribution is -0.132. The van der Waals surface area contributed by atoms with Crippen LogP contribution in [0.2, 0.25) is 0 Å². The van der Waals surface area contributed by atoms with Gasteiger partial charge in [0.05, 0.1) is 0 Å². The topological polar surface area (TPSA) is 46.2 Å². The van der Waals surface area contributed by atoms with Gasteiger partial charge < -0.3 is 5.32 Å². The molecule has 0 atom stereocenters. The predicted molar refractivity (Wildman–Crippen MR) is 84.1 cm³/mol. The molecule has 3 rings (SSSR count). The Morgan fingerprint density at radius 3 is 2.57 bits per heavy atom. The second kappa shape index (κ2) is 5.92. The Hall–Kier alpha value is -2.42. The average Bonchev–Trinajstić information content (AvgIpc) is 2.55. The van der Waals surface area contributed by atoms with Crippen LogP contribution in [0, 0.1) is 0 Å². The Labute approximate surface area is 123 Å². The molecule has 2 aromatic rings. The van der Waals surface area contributed by atoms with E-state index in [2.05, 4.69) is 5.32 Å². The lowest BCUT2D eigenvalue weighted by Crippen LogP contribution is -2.25. The fraction of sp³-hybridized carbons (Fsp3) is 0.222. The third kappa shape index (κ3) is 2.87. The van der Waals surface area contributed by atoms with Gasteiger partial charge in [-0.25, -0.2) is 0 Å². The van der Waals surface area contributed by atoms with Crippen LogP contribution in [-0.4, -0.2) is 11.7 Å². The van der Waals surface area contributed by atoms with Crippen LogP contribution < -0.4 is 5.32 Å². The molecule has 21 heavy (non-hydrogen) atoms. The molecule has 0 aliphatic heterocycles. The summed E-state index contributed by atoms with van der Waals surface area (Å²) in [5.41, 5.74) is 1.34. The summed E-state index contributed by atoms with van der Waals surface area (Å²) in [4.78, 5) is 24.3.